The largest absolute Gasteiger partial charge is 0.300 e. The third kappa shape index (κ3) is 3.00. The van der Waals surface area contributed by atoms with E-state index in [4.69, 9.17) is 0 Å². The molecule has 0 N–H and O–H groups in total. The van der Waals surface area contributed by atoms with Crippen molar-refractivity contribution in [2.75, 3.05) is 13.1 Å². The van der Waals surface area contributed by atoms with Gasteiger partial charge in [0.2, 0.25) is 0 Å². The Labute approximate surface area is 102 Å². The van der Waals surface area contributed by atoms with Gasteiger partial charge in [-0.1, -0.05) is 33.1 Å². The minimum absolute atomic E-state index is 0.831. The zero-order valence-electron chi connectivity index (χ0n) is 11.4. The van der Waals surface area contributed by atoms with Crippen molar-refractivity contribution in [1.82, 2.24) is 4.90 Å². The van der Waals surface area contributed by atoms with Crippen LogP contribution >= 0.6 is 0 Å². The van der Waals surface area contributed by atoms with E-state index in [9.17, 15) is 0 Å². The maximum absolute atomic E-state index is 2.77. The highest BCUT2D eigenvalue weighted by atomic mass is 15.2. The average Bonchev–Trinajstić information content (AvgIpc) is 2.25. The van der Waals surface area contributed by atoms with Crippen molar-refractivity contribution in [1.29, 1.82) is 0 Å². The molecule has 1 nitrogen and oxygen atoms in total. The van der Waals surface area contributed by atoms with E-state index in [0.717, 1.165) is 23.8 Å². The third-order valence-corrected chi connectivity index (χ3v) is 5.03. The van der Waals surface area contributed by atoms with E-state index in [2.05, 4.69) is 25.7 Å². The van der Waals surface area contributed by atoms with E-state index < -0.39 is 0 Å². The average molecular weight is 223 g/mol. The van der Waals surface area contributed by atoms with Crippen LogP contribution in [0.4, 0.5) is 0 Å². The summed E-state index contributed by atoms with van der Waals surface area (Å²) in [5, 5.41) is 0. The van der Waals surface area contributed by atoms with Gasteiger partial charge in [0.05, 0.1) is 0 Å². The first-order chi connectivity index (χ1) is 7.66. The lowest BCUT2D eigenvalue weighted by Gasteiger charge is -2.41. The van der Waals surface area contributed by atoms with Gasteiger partial charge in [-0.05, 0) is 50.5 Å². The van der Waals surface area contributed by atoms with Crippen molar-refractivity contribution in [3.8, 4) is 0 Å². The summed E-state index contributed by atoms with van der Waals surface area (Å²) in [5.74, 6) is 2.92. The van der Waals surface area contributed by atoms with Gasteiger partial charge in [-0.3, -0.25) is 0 Å². The number of hydrogen-bond donors (Lipinski definition) is 0. The number of piperidine rings is 1. The molecule has 0 bridgehead atoms. The van der Waals surface area contributed by atoms with Crippen LogP contribution in [-0.2, 0) is 0 Å². The fourth-order valence-corrected chi connectivity index (χ4v) is 3.69. The van der Waals surface area contributed by atoms with Crippen molar-refractivity contribution in [3.05, 3.63) is 0 Å². The van der Waals surface area contributed by atoms with Crippen molar-refractivity contribution in [2.24, 2.45) is 17.8 Å². The predicted octanol–water partition coefficient (Wildman–Crippen LogP) is 3.93. The number of hydrogen-bond acceptors (Lipinski definition) is 1. The quantitative estimate of drug-likeness (QED) is 0.685. The predicted molar refractivity (Wildman–Crippen MR) is 70.6 cm³/mol. The van der Waals surface area contributed by atoms with Gasteiger partial charge in [-0.2, -0.15) is 0 Å². The monoisotopic (exact) mass is 223 g/mol. The molecule has 4 unspecified atom stereocenters. The molecule has 0 amide bonds. The summed E-state index contributed by atoms with van der Waals surface area (Å²) in [4.78, 5) is 2.77. The molecule has 94 valence electrons. The van der Waals surface area contributed by atoms with Crippen LogP contribution in [0.5, 0.6) is 0 Å². The zero-order chi connectivity index (χ0) is 11.5. The van der Waals surface area contributed by atoms with Crippen molar-refractivity contribution < 1.29 is 0 Å². The van der Waals surface area contributed by atoms with E-state index in [0.29, 0.717) is 0 Å². The lowest BCUT2D eigenvalue weighted by atomic mass is 9.79. The third-order valence-electron chi connectivity index (χ3n) is 5.03. The molecule has 0 aromatic carbocycles. The van der Waals surface area contributed by atoms with Crippen molar-refractivity contribution >= 4 is 0 Å². The first-order valence-corrected chi connectivity index (χ1v) is 7.41. The molecule has 1 aliphatic carbocycles. The molecule has 1 aliphatic heterocycles. The van der Waals surface area contributed by atoms with Crippen LogP contribution < -0.4 is 0 Å². The molecule has 0 aromatic rings. The second kappa shape index (κ2) is 5.53. The van der Waals surface area contributed by atoms with E-state index in [-0.39, 0.29) is 0 Å². The second-order valence-corrected chi connectivity index (χ2v) is 6.50. The molecule has 1 saturated heterocycles. The van der Waals surface area contributed by atoms with E-state index in [1.54, 1.807) is 0 Å². The lowest BCUT2D eigenvalue weighted by Crippen LogP contribution is -2.44. The summed E-state index contributed by atoms with van der Waals surface area (Å²) in [5.41, 5.74) is 0. The Balaban J connectivity index is 1.83. The molecule has 1 heteroatoms. The Kier molecular flexibility index (Phi) is 4.29. The minimum atomic E-state index is 0.831. The molecule has 0 radical (unpaired) electrons. The summed E-state index contributed by atoms with van der Waals surface area (Å²) < 4.78 is 0. The molecule has 1 saturated carbocycles. The van der Waals surface area contributed by atoms with E-state index in [1.807, 2.05) is 0 Å². The molecule has 16 heavy (non-hydrogen) atoms. The van der Waals surface area contributed by atoms with Gasteiger partial charge in [0.25, 0.3) is 0 Å². The summed E-state index contributed by atoms with van der Waals surface area (Å²) in [6.07, 6.45) is 8.76. The van der Waals surface area contributed by atoms with E-state index >= 15 is 0 Å². The van der Waals surface area contributed by atoms with Gasteiger partial charge >= 0.3 is 0 Å². The van der Waals surface area contributed by atoms with Gasteiger partial charge < -0.3 is 4.90 Å². The van der Waals surface area contributed by atoms with Crippen LogP contribution in [-0.4, -0.2) is 24.0 Å². The van der Waals surface area contributed by atoms with Crippen molar-refractivity contribution in [3.63, 3.8) is 0 Å². The summed E-state index contributed by atoms with van der Waals surface area (Å²) >= 11 is 0. The first-order valence-electron chi connectivity index (χ1n) is 7.41. The molecule has 2 aliphatic rings. The van der Waals surface area contributed by atoms with Gasteiger partial charge in [-0.15, -0.1) is 0 Å². The minimum Gasteiger partial charge on any atom is -0.300 e. The van der Waals surface area contributed by atoms with E-state index in [1.165, 1.54) is 51.6 Å². The normalized spacial score (nSPS) is 42.2. The van der Waals surface area contributed by atoms with Crippen LogP contribution in [0.25, 0.3) is 0 Å². The summed E-state index contributed by atoms with van der Waals surface area (Å²) in [6, 6.07) is 0.831. The van der Waals surface area contributed by atoms with Crippen LogP contribution in [0.2, 0.25) is 0 Å². The number of likely N-dealkylation sites (tertiary alicyclic amines) is 1. The maximum Gasteiger partial charge on any atom is 0.00695 e. The Morgan fingerprint density at radius 1 is 1.00 bits per heavy atom. The lowest BCUT2D eigenvalue weighted by molar-refractivity contribution is 0.0836. The SMILES string of the molecule is CC1CCN(CC2CCCCC2C)C(C)C1. The van der Waals surface area contributed by atoms with Gasteiger partial charge in [0, 0.05) is 12.6 Å². The number of rotatable bonds is 2. The Morgan fingerprint density at radius 3 is 2.44 bits per heavy atom. The molecular formula is C15H29N. The van der Waals surface area contributed by atoms with Gasteiger partial charge in [-0.25, -0.2) is 0 Å². The highest BCUT2D eigenvalue weighted by molar-refractivity contribution is 4.81. The standard InChI is InChI=1S/C15H29N/c1-12-8-9-16(14(3)10-12)11-15-7-5-4-6-13(15)2/h12-15H,4-11H2,1-3H3. The van der Waals surface area contributed by atoms with Crippen LogP contribution in [0.15, 0.2) is 0 Å². The van der Waals surface area contributed by atoms with Crippen LogP contribution in [0.1, 0.15) is 59.3 Å². The first kappa shape index (κ1) is 12.4. The highest BCUT2D eigenvalue weighted by Gasteiger charge is 2.28. The Hall–Kier alpha value is -0.0400. The smallest absolute Gasteiger partial charge is 0.00695 e. The molecule has 2 rings (SSSR count). The molecule has 0 aromatic heterocycles. The fourth-order valence-electron chi connectivity index (χ4n) is 3.69. The number of nitrogens with zero attached hydrogens (tertiary/aromatic N) is 1. The zero-order valence-corrected chi connectivity index (χ0v) is 11.4. The summed E-state index contributed by atoms with van der Waals surface area (Å²) in [7, 11) is 0. The highest BCUT2D eigenvalue weighted by Crippen LogP contribution is 2.32. The van der Waals surface area contributed by atoms with Gasteiger partial charge in [0.15, 0.2) is 0 Å². The Bertz CT molecular complexity index is 213. The fraction of sp³-hybridized carbons (Fsp3) is 1.00. The topological polar surface area (TPSA) is 3.24 Å². The Morgan fingerprint density at radius 2 is 1.75 bits per heavy atom. The maximum atomic E-state index is 2.77. The molecule has 1 heterocycles. The molecule has 2 fully saturated rings. The van der Waals surface area contributed by atoms with Gasteiger partial charge in [0.1, 0.15) is 0 Å². The van der Waals surface area contributed by atoms with Crippen molar-refractivity contribution in [2.45, 2.75) is 65.3 Å². The van der Waals surface area contributed by atoms with Crippen LogP contribution in [0, 0.1) is 17.8 Å². The van der Waals surface area contributed by atoms with Crippen LogP contribution in [0.3, 0.4) is 0 Å². The molecular weight excluding hydrogens is 194 g/mol. The second-order valence-electron chi connectivity index (χ2n) is 6.50. The summed E-state index contributed by atoms with van der Waals surface area (Å²) in [6.45, 7) is 10.1. The molecule has 4 atom stereocenters. The molecule has 0 spiro atoms.